The van der Waals surface area contributed by atoms with Gasteiger partial charge in [0, 0.05) is 25.0 Å². The van der Waals surface area contributed by atoms with E-state index in [1.54, 1.807) is 0 Å². The van der Waals surface area contributed by atoms with E-state index in [0.717, 1.165) is 31.5 Å². The van der Waals surface area contributed by atoms with Crippen LogP contribution >= 0.6 is 35.3 Å². The summed E-state index contributed by atoms with van der Waals surface area (Å²) in [6.07, 6.45) is 2.64. The summed E-state index contributed by atoms with van der Waals surface area (Å²) in [6, 6.07) is 4.92. The molecule has 0 spiro atoms. The first-order chi connectivity index (χ1) is 10.2. The summed E-state index contributed by atoms with van der Waals surface area (Å²) < 4.78 is 0. The minimum absolute atomic E-state index is 0. The molecule has 0 aromatic carbocycles. The van der Waals surface area contributed by atoms with Gasteiger partial charge in [-0.3, -0.25) is 9.89 Å². The van der Waals surface area contributed by atoms with Crippen molar-refractivity contribution in [3.63, 3.8) is 0 Å². The first kappa shape index (κ1) is 18.0. The molecule has 1 atom stereocenters. The second-order valence-electron chi connectivity index (χ2n) is 6.26. The predicted molar refractivity (Wildman–Crippen MR) is 105 cm³/mol. The van der Waals surface area contributed by atoms with Crippen LogP contribution in [0.2, 0.25) is 0 Å². The molecular weight excluding hydrogens is 407 g/mol. The molecule has 2 aliphatic rings. The van der Waals surface area contributed by atoms with E-state index in [9.17, 15) is 0 Å². The SMILES string of the molecule is CC1CCN(C(CNC2=NCCN2C)c2cccs2)CC1.I. The van der Waals surface area contributed by atoms with Crippen molar-refractivity contribution in [1.29, 1.82) is 0 Å². The molecule has 0 radical (unpaired) electrons. The third-order valence-electron chi connectivity index (χ3n) is 4.64. The molecule has 3 heterocycles. The van der Waals surface area contributed by atoms with Crippen LogP contribution in [0.15, 0.2) is 22.5 Å². The Bertz CT molecular complexity index is 469. The van der Waals surface area contributed by atoms with Gasteiger partial charge in [-0.2, -0.15) is 0 Å². The highest BCUT2D eigenvalue weighted by molar-refractivity contribution is 14.0. The van der Waals surface area contributed by atoms with E-state index in [-0.39, 0.29) is 24.0 Å². The Labute approximate surface area is 155 Å². The van der Waals surface area contributed by atoms with Gasteiger partial charge in [0.05, 0.1) is 12.6 Å². The number of nitrogens with zero attached hydrogens (tertiary/aromatic N) is 3. The number of likely N-dealkylation sites (tertiary alicyclic amines) is 1. The monoisotopic (exact) mass is 434 g/mol. The summed E-state index contributed by atoms with van der Waals surface area (Å²) in [5.41, 5.74) is 0. The fourth-order valence-electron chi connectivity index (χ4n) is 3.14. The number of hydrogen-bond acceptors (Lipinski definition) is 5. The third-order valence-corrected chi connectivity index (χ3v) is 5.62. The number of nitrogens with one attached hydrogen (secondary N) is 1. The van der Waals surface area contributed by atoms with Crippen molar-refractivity contribution in [1.82, 2.24) is 15.1 Å². The first-order valence-electron chi connectivity index (χ1n) is 8.01. The summed E-state index contributed by atoms with van der Waals surface area (Å²) in [5, 5.41) is 5.76. The second kappa shape index (κ2) is 8.49. The van der Waals surface area contributed by atoms with Crippen LogP contribution in [0.25, 0.3) is 0 Å². The van der Waals surface area contributed by atoms with Gasteiger partial charge in [0.25, 0.3) is 0 Å². The first-order valence-corrected chi connectivity index (χ1v) is 8.89. The van der Waals surface area contributed by atoms with Crippen molar-refractivity contribution in [3.05, 3.63) is 22.4 Å². The molecule has 3 rings (SSSR count). The minimum Gasteiger partial charge on any atom is -0.354 e. The zero-order chi connectivity index (χ0) is 14.7. The van der Waals surface area contributed by atoms with Gasteiger partial charge in [0.1, 0.15) is 0 Å². The third kappa shape index (κ3) is 4.35. The molecule has 22 heavy (non-hydrogen) atoms. The number of likely N-dealkylation sites (N-methyl/N-ethyl adjacent to an activating group) is 1. The highest BCUT2D eigenvalue weighted by atomic mass is 127. The number of thiophene rings is 1. The highest BCUT2D eigenvalue weighted by Crippen LogP contribution is 2.29. The standard InChI is InChI=1S/C16H26N4S.HI/c1-13-5-8-20(9-6-13)14(15-4-3-11-21-15)12-18-16-17-7-10-19(16)2;/h3-4,11,13-14H,5-10,12H2,1-2H3,(H,17,18);1H. The van der Waals surface area contributed by atoms with E-state index in [0.29, 0.717) is 6.04 Å². The Morgan fingerprint density at radius 2 is 2.14 bits per heavy atom. The molecule has 1 fully saturated rings. The lowest BCUT2D eigenvalue weighted by Crippen LogP contribution is -2.44. The van der Waals surface area contributed by atoms with E-state index in [4.69, 9.17) is 0 Å². The molecule has 2 aliphatic heterocycles. The van der Waals surface area contributed by atoms with Gasteiger partial charge in [-0.25, -0.2) is 0 Å². The van der Waals surface area contributed by atoms with Gasteiger partial charge < -0.3 is 10.2 Å². The van der Waals surface area contributed by atoms with Crippen LogP contribution in [-0.4, -0.2) is 55.5 Å². The Morgan fingerprint density at radius 3 is 2.73 bits per heavy atom. The summed E-state index contributed by atoms with van der Waals surface area (Å²) in [7, 11) is 2.11. The predicted octanol–water partition coefficient (Wildman–Crippen LogP) is 3.03. The highest BCUT2D eigenvalue weighted by Gasteiger charge is 2.26. The Morgan fingerprint density at radius 1 is 1.36 bits per heavy atom. The maximum atomic E-state index is 4.54. The van der Waals surface area contributed by atoms with Crippen LogP contribution in [-0.2, 0) is 0 Å². The average Bonchev–Trinajstić information content (AvgIpc) is 3.13. The van der Waals surface area contributed by atoms with Gasteiger partial charge in [-0.15, -0.1) is 35.3 Å². The molecule has 1 saturated heterocycles. The molecule has 0 amide bonds. The fourth-order valence-corrected chi connectivity index (χ4v) is 4.00. The maximum absolute atomic E-state index is 4.54. The van der Waals surface area contributed by atoms with Crippen LogP contribution in [0.3, 0.4) is 0 Å². The molecular formula is C16H27IN4S. The van der Waals surface area contributed by atoms with Gasteiger partial charge in [0.15, 0.2) is 5.96 Å². The van der Waals surface area contributed by atoms with Crippen molar-refractivity contribution < 1.29 is 0 Å². The molecule has 0 saturated carbocycles. The number of aliphatic imine (C=N–C) groups is 1. The van der Waals surface area contributed by atoms with Crippen LogP contribution in [0.1, 0.15) is 30.7 Å². The number of halogens is 1. The molecule has 4 nitrogen and oxygen atoms in total. The number of guanidine groups is 1. The van der Waals surface area contributed by atoms with Crippen LogP contribution < -0.4 is 5.32 Å². The largest absolute Gasteiger partial charge is 0.354 e. The van der Waals surface area contributed by atoms with E-state index < -0.39 is 0 Å². The van der Waals surface area contributed by atoms with Gasteiger partial charge in [-0.05, 0) is 43.3 Å². The summed E-state index contributed by atoms with van der Waals surface area (Å²) in [5.74, 6) is 1.94. The zero-order valence-electron chi connectivity index (χ0n) is 13.5. The Hall–Kier alpha value is -0.340. The van der Waals surface area contributed by atoms with Gasteiger partial charge >= 0.3 is 0 Å². The molecule has 0 aliphatic carbocycles. The lowest BCUT2D eigenvalue weighted by atomic mass is 9.97. The molecule has 1 aromatic heterocycles. The molecule has 0 bridgehead atoms. The van der Waals surface area contributed by atoms with Crippen LogP contribution in [0, 0.1) is 5.92 Å². The number of piperidine rings is 1. The lowest BCUT2D eigenvalue weighted by Gasteiger charge is -2.36. The van der Waals surface area contributed by atoms with E-state index in [1.807, 2.05) is 11.3 Å². The number of rotatable bonds is 4. The Balaban J connectivity index is 0.00000176. The van der Waals surface area contributed by atoms with E-state index >= 15 is 0 Å². The van der Waals surface area contributed by atoms with Crippen molar-refractivity contribution in [2.75, 3.05) is 39.8 Å². The quantitative estimate of drug-likeness (QED) is 0.740. The van der Waals surface area contributed by atoms with Gasteiger partial charge in [0.2, 0.25) is 0 Å². The molecule has 1 aromatic rings. The van der Waals surface area contributed by atoms with E-state index in [1.165, 1.54) is 30.8 Å². The van der Waals surface area contributed by atoms with E-state index in [2.05, 4.69) is 51.6 Å². The van der Waals surface area contributed by atoms with Crippen molar-refractivity contribution >= 4 is 41.3 Å². The summed E-state index contributed by atoms with van der Waals surface area (Å²) in [4.78, 5) is 10.9. The lowest BCUT2D eigenvalue weighted by molar-refractivity contribution is 0.140. The van der Waals surface area contributed by atoms with Crippen LogP contribution in [0.5, 0.6) is 0 Å². The molecule has 124 valence electrons. The number of hydrogen-bond donors (Lipinski definition) is 1. The summed E-state index contributed by atoms with van der Waals surface area (Å²) in [6.45, 7) is 7.72. The van der Waals surface area contributed by atoms with Crippen molar-refractivity contribution in [3.8, 4) is 0 Å². The maximum Gasteiger partial charge on any atom is 0.193 e. The van der Waals surface area contributed by atoms with Crippen LogP contribution in [0.4, 0.5) is 0 Å². The normalized spacial score (nSPS) is 21.4. The topological polar surface area (TPSA) is 30.9 Å². The van der Waals surface area contributed by atoms with Crippen molar-refractivity contribution in [2.45, 2.75) is 25.8 Å². The zero-order valence-corrected chi connectivity index (χ0v) is 16.6. The molecule has 1 unspecified atom stereocenters. The fraction of sp³-hybridized carbons (Fsp3) is 0.688. The smallest absolute Gasteiger partial charge is 0.193 e. The van der Waals surface area contributed by atoms with Crippen molar-refractivity contribution in [2.24, 2.45) is 10.9 Å². The Kier molecular flexibility index (Phi) is 6.95. The average molecular weight is 434 g/mol. The minimum atomic E-state index is 0. The molecule has 6 heteroatoms. The summed E-state index contributed by atoms with van der Waals surface area (Å²) >= 11 is 1.87. The van der Waals surface area contributed by atoms with Gasteiger partial charge in [-0.1, -0.05) is 13.0 Å². The molecule has 1 N–H and O–H groups in total. The second-order valence-corrected chi connectivity index (χ2v) is 7.24.